The molecular formula is C12H18Cl2N4O. The van der Waals surface area contributed by atoms with Crippen molar-refractivity contribution < 1.29 is 4.79 Å². The van der Waals surface area contributed by atoms with Gasteiger partial charge in [-0.3, -0.25) is 4.79 Å². The highest BCUT2D eigenvalue weighted by Crippen LogP contribution is 2.16. The van der Waals surface area contributed by atoms with E-state index in [9.17, 15) is 4.79 Å². The Hall–Kier alpha value is -1.30. The van der Waals surface area contributed by atoms with Gasteiger partial charge in [-0.15, -0.1) is 24.8 Å². The van der Waals surface area contributed by atoms with Crippen LogP contribution in [0, 0.1) is 0 Å². The molecule has 0 unspecified atom stereocenters. The van der Waals surface area contributed by atoms with Crippen molar-refractivity contribution in [2.75, 3.05) is 6.54 Å². The predicted molar refractivity (Wildman–Crippen MR) is 80.8 cm³/mol. The molecule has 0 aliphatic heterocycles. The molecule has 0 saturated heterocycles. The average molecular weight is 305 g/mol. The number of hydrogen-bond donors (Lipinski definition) is 2. The molecule has 0 radical (unpaired) electrons. The number of benzene rings is 1. The van der Waals surface area contributed by atoms with Crippen LogP contribution in [-0.2, 0) is 17.8 Å². The van der Waals surface area contributed by atoms with Gasteiger partial charge in [0.1, 0.15) is 5.82 Å². The number of halogens is 2. The van der Waals surface area contributed by atoms with Gasteiger partial charge in [0.25, 0.3) is 0 Å². The summed E-state index contributed by atoms with van der Waals surface area (Å²) in [5, 5.41) is 0. The number of hydrogen-bond acceptors (Lipinski definition) is 3. The number of aryl methyl sites for hydroxylation is 1. The molecule has 0 aliphatic carbocycles. The van der Waals surface area contributed by atoms with Crippen molar-refractivity contribution in [2.45, 2.75) is 19.4 Å². The van der Waals surface area contributed by atoms with Gasteiger partial charge in [-0.2, -0.15) is 0 Å². The molecule has 0 saturated carbocycles. The van der Waals surface area contributed by atoms with Gasteiger partial charge < -0.3 is 16.0 Å². The SMILES string of the molecule is Cl.Cl.NCCc1nc2ccccc2n1CCC(N)=O. The van der Waals surface area contributed by atoms with E-state index in [2.05, 4.69) is 4.98 Å². The predicted octanol–water partition coefficient (Wildman–Crippen LogP) is 1.26. The van der Waals surface area contributed by atoms with Gasteiger partial charge in [-0.05, 0) is 18.7 Å². The van der Waals surface area contributed by atoms with Crippen LogP contribution in [0.2, 0.25) is 0 Å². The third kappa shape index (κ3) is 4.09. The van der Waals surface area contributed by atoms with Crippen LogP contribution in [-0.4, -0.2) is 22.0 Å². The molecule has 0 atom stereocenters. The number of carbonyl (C=O) groups is 1. The number of para-hydroxylation sites is 2. The lowest BCUT2D eigenvalue weighted by Gasteiger charge is -2.06. The lowest BCUT2D eigenvalue weighted by molar-refractivity contribution is -0.118. The largest absolute Gasteiger partial charge is 0.370 e. The van der Waals surface area contributed by atoms with Crippen LogP contribution in [0.5, 0.6) is 0 Å². The molecule has 7 heteroatoms. The minimum atomic E-state index is -0.304. The summed E-state index contributed by atoms with van der Waals surface area (Å²) in [7, 11) is 0. The Bertz CT molecular complexity index is 542. The summed E-state index contributed by atoms with van der Waals surface area (Å²) < 4.78 is 2.02. The van der Waals surface area contributed by atoms with Gasteiger partial charge in [-0.1, -0.05) is 12.1 Å². The fraction of sp³-hybridized carbons (Fsp3) is 0.333. The van der Waals surface area contributed by atoms with E-state index in [1.54, 1.807) is 0 Å². The van der Waals surface area contributed by atoms with E-state index in [0.717, 1.165) is 16.9 Å². The highest BCUT2D eigenvalue weighted by atomic mass is 35.5. The van der Waals surface area contributed by atoms with E-state index in [4.69, 9.17) is 11.5 Å². The summed E-state index contributed by atoms with van der Waals surface area (Å²) in [6, 6.07) is 7.84. The Kier molecular flexibility index (Phi) is 7.44. The lowest BCUT2D eigenvalue weighted by Crippen LogP contribution is -2.16. The van der Waals surface area contributed by atoms with Crippen LogP contribution in [0.15, 0.2) is 24.3 Å². The van der Waals surface area contributed by atoms with Gasteiger partial charge in [0.2, 0.25) is 5.91 Å². The van der Waals surface area contributed by atoms with E-state index in [1.165, 1.54) is 0 Å². The van der Waals surface area contributed by atoms with E-state index in [1.807, 2.05) is 28.8 Å². The summed E-state index contributed by atoms with van der Waals surface area (Å²) in [4.78, 5) is 15.4. The van der Waals surface area contributed by atoms with Crippen molar-refractivity contribution in [3.05, 3.63) is 30.1 Å². The van der Waals surface area contributed by atoms with Crippen molar-refractivity contribution in [3.63, 3.8) is 0 Å². The summed E-state index contributed by atoms with van der Waals surface area (Å²) >= 11 is 0. The molecule has 1 amide bonds. The Morgan fingerprint density at radius 2 is 1.95 bits per heavy atom. The molecule has 0 aliphatic rings. The van der Waals surface area contributed by atoms with Crippen molar-refractivity contribution in [1.29, 1.82) is 0 Å². The third-order valence-corrected chi connectivity index (χ3v) is 2.68. The Balaban J connectivity index is 0.00000162. The van der Waals surface area contributed by atoms with Gasteiger partial charge in [0, 0.05) is 19.4 Å². The summed E-state index contributed by atoms with van der Waals surface area (Å²) in [6.45, 7) is 1.10. The zero-order chi connectivity index (χ0) is 12.3. The van der Waals surface area contributed by atoms with E-state index >= 15 is 0 Å². The maximum absolute atomic E-state index is 10.9. The number of carbonyl (C=O) groups excluding carboxylic acids is 1. The van der Waals surface area contributed by atoms with Crippen LogP contribution in [0.1, 0.15) is 12.2 Å². The maximum atomic E-state index is 10.9. The summed E-state index contributed by atoms with van der Waals surface area (Å²) in [5.41, 5.74) is 12.7. The third-order valence-electron chi connectivity index (χ3n) is 2.68. The topological polar surface area (TPSA) is 86.9 Å². The Morgan fingerprint density at radius 1 is 1.26 bits per heavy atom. The standard InChI is InChI=1S/C12H16N4O.2ClH/c13-7-5-12-15-9-3-1-2-4-10(9)16(12)8-6-11(14)17;;/h1-4H,5-8,13H2,(H2,14,17);2*1H. The van der Waals surface area contributed by atoms with Crippen LogP contribution >= 0.6 is 24.8 Å². The summed E-state index contributed by atoms with van der Waals surface area (Å²) in [5.74, 6) is 0.608. The minimum Gasteiger partial charge on any atom is -0.370 e. The van der Waals surface area contributed by atoms with Gasteiger partial charge in [-0.25, -0.2) is 4.98 Å². The lowest BCUT2D eigenvalue weighted by atomic mass is 10.3. The van der Waals surface area contributed by atoms with Crippen LogP contribution < -0.4 is 11.5 Å². The molecule has 1 heterocycles. The molecule has 1 aromatic carbocycles. The van der Waals surface area contributed by atoms with Gasteiger partial charge in [0.05, 0.1) is 11.0 Å². The van der Waals surface area contributed by atoms with E-state index in [0.29, 0.717) is 25.9 Å². The number of nitrogens with two attached hydrogens (primary N) is 2. The molecular weight excluding hydrogens is 287 g/mol. The number of primary amides is 1. The number of amides is 1. The number of aromatic nitrogens is 2. The monoisotopic (exact) mass is 304 g/mol. The Labute approximate surface area is 124 Å². The first kappa shape index (κ1) is 17.7. The molecule has 0 bridgehead atoms. The number of nitrogens with zero attached hydrogens (tertiary/aromatic N) is 2. The quantitative estimate of drug-likeness (QED) is 0.871. The zero-order valence-corrected chi connectivity index (χ0v) is 12.0. The molecule has 0 spiro atoms. The van der Waals surface area contributed by atoms with Gasteiger partial charge in [0.15, 0.2) is 0 Å². The molecule has 1 aromatic heterocycles. The molecule has 0 fully saturated rings. The summed E-state index contributed by atoms with van der Waals surface area (Å²) in [6.07, 6.45) is 1.02. The van der Waals surface area contributed by atoms with E-state index < -0.39 is 0 Å². The Morgan fingerprint density at radius 3 is 2.58 bits per heavy atom. The molecule has 106 valence electrons. The van der Waals surface area contributed by atoms with Crippen LogP contribution in [0.25, 0.3) is 11.0 Å². The molecule has 2 rings (SSSR count). The fourth-order valence-corrected chi connectivity index (χ4v) is 1.92. The second-order valence-corrected chi connectivity index (χ2v) is 3.92. The number of rotatable bonds is 5. The average Bonchev–Trinajstić information content (AvgIpc) is 2.64. The first-order valence-corrected chi connectivity index (χ1v) is 5.65. The van der Waals surface area contributed by atoms with Crippen molar-refractivity contribution in [2.24, 2.45) is 11.5 Å². The van der Waals surface area contributed by atoms with Gasteiger partial charge >= 0.3 is 0 Å². The van der Waals surface area contributed by atoms with Crippen molar-refractivity contribution >= 4 is 41.8 Å². The van der Waals surface area contributed by atoms with E-state index in [-0.39, 0.29) is 30.7 Å². The molecule has 19 heavy (non-hydrogen) atoms. The first-order valence-electron chi connectivity index (χ1n) is 5.65. The fourth-order valence-electron chi connectivity index (χ4n) is 1.92. The second kappa shape index (κ2) is 7.99. The van der Waals surface area contributed by atoms with Crippen molar-refractivity contribution in [3.8, 4) is 0 Å². The number of fused-ring (bicyclic) bond motifs is 1. The molecule has 4 N–H and O–H groups in total. The normalized spacial score (nSPS) is 9.74. The molecule has 5 nitrogen and oxygen atoms in total. The number of imidazole rings is 1. The zero-order valence-electron chi connectivity index (χ0n) is 10.4. The first-order chi connectivity index (χ1) is 8.22. The van der Waals surface area contributed by atoms with Crippen molar-refractivity contribution in [1.82, 2.24) is 9.55 Å². The maximum Gasteiger partial charge on any atom is 0.219 e. The van der Waals surface area contributed by atoms with Crippen LogP contribution in [0.3, 0.4) is 0 Å². The minimum absolute atomic E-state index is 0. The highest BCUT2D eigenvalue weighted by Gasteiger charge is 2.09. The van der Waals surface area contributed by atoms with Crippen LogP contribution in [0.4, 0.5) is 0 Å². The highest BCUT2D eigenvalue weighted by molar-refractivity contribution is 5.85. The smallest absolute Gasteiger partial charge is 0.219 e. The second-order valence-electron chi connectivity index (χ2n) is 3.92. The molecule has 2 aromatic rings.